The highest BCUT2D eigenvalue weighted by molar-refractivity contribution is 8.01. The first-order valence-electron chi connectivity index (χ1n) is 4.42. The molecule has 0 bridgehead atoms. The van der Waals surface area contributed by atoms with Crippen molar-refractivity contribution in [1.82, 2.24) is 0 Å². The first-order valence-corrected chi connectivity index (χ1v) is 6.05. The molecule has 16 heavy (non-hydrogen) atoms. The number of hydrogen-bond acceptors (Lipinski definition) is 3. The molecule has 5 heteroatoms. The normalized spacial score (nSPS) is 10.3. The number of halogens is 1. The number of hydrogen-bond donors (Lipinski definition) is 1. The predicted octanol–water partition coefficient (Wildman–Crippen LogP) is 3.74. The predicted molar refractivity (Wildman–Crippen MR) is 61.8 cm³/mol. The zero-order chi connectivity index (χ0) is 11.5. The van der Waals surface area contributed by atoms with E-state index in [4.69, 9.17) is 5.11 Å². The molecule has 0 saturated heterocycles. The molecule has 82 valence electrons. The maximum atomic E-state index is 13.3. The Kier molecular flexibility index (Phi) is 3.26. The van der Waals surface area contributed by atoms with Gasteiger partial charge < -0.3 is 5.11 Å². The Morgan fingerprint density at radius 1 is 1.25 bits per heavy atom. The van der Waals surface area contributed by atoms with Crippen LogP contribution in [-0.2, 0) is 0 Å². The van der Waals surface area contributed by atoms with E-state index in [2.05, 4.69) is 0 Å². The zero-order valence-corrected chi connectivity index (χ0v) is 9.65. The third kappa shape index (κ3) is 2.43. The lowest BCUT2D eigenvalue weighted by Gasteiger charge is -1.98. The first kappa shape index (κ1) is 11.2. The lowest BCUT2D eigenvalue weighted by Crippen LogP contribution is -1.89. The van der Waals surface area contributed by atoms with Crippen molar-refractivity contribution in [1.29, 1.82) is 0 Å². The largest absolute Gasteiger partial charge is 0.477 e. The van der Waals surface area contributed by atoms with Gasteiger partial charge in [0.2, 0.25) is 0 Å². The van der Waals surface area contributed by atoms with Gasteiger partial charge in [-0.25, -0.2) is 9.18 Å². The Morgan fingerprint density at radius 2 is 2.00 bits per heavy atom. The van der Waals surface area contributed by atoms with Crippen molar-refractivity contribution in [2.24, 2.45) is 0 Å². The van der Waals surface area contributed by atoms with Crippen LogP contribution in [0.25, 0.3) is 0 Å². The van der Waals surface area contributed by atoms with Gasteiger partial charge in [0.25, 0.3) is 0 Å². The van der Waals surface area contributed by atoms with Crippen LogP contribution in [0.4, 0.5) is 4.39 Å². The summed E-state index contributed by atoms with van der Waals surface area (Å²) in [4.78, 5) is 11.4. The van der Waals surface area contributed by atoms with Gasteiger partial charge in [-0.2, -0.15) is 0 Å². The third-order valence-electron chi connectivity index (χ3n) is 1.84. The number of thiophene rings is 1. The molecule has 2 nitrogen and oxygen atoms in total. The van der Waals surface area contributed by atoms with Crippen molar-refractivity contribution in [3.63, 3.8) is 0 Å². The van der Waals surface area contributed by atoms with E-state index in [9.17, 15) is 9.18 Å². The van der Waals surface area contributed by atoms with E-state index in [1.165, 1.54) is 23.9 Å². The van der Waals surface area contributed by atoms with Crippen LogP contribution in [0.5, 0.6) is 0 Å². The maximum Gasteiger partial charge on any atom is 0.345 e. The number of carbonyl (C=O) groups is 1. The molecule has 2 rings (SSSR count). The highest BCUT2D eigenvalue weighted by atomic mass is 32.2. The van der Waals surface area contributed by atoms with Crippen LogP contribution in [-0.4, -0.2) is 11.1 Å². The summed E-state index contributed by atoms with van der Waals surface area (Å²) in [7, 11) is 0. The molecule has 1 aromatic heterocycles. The van der Waals surface area contributed by atoms with Crippen LogP contribution in [0.15, 0.2) is 45.5 Å². The SMILES string of the molecule is O=C(O)c1ccc(Sc2ccccc2F)s1. The average Bonchev–Trinajstić information content (AvgIpc) is 2.70. The summed E-state index contributed by atoms with van der Waals surface area (Å²) < 4.78 is 14.1. The van der Waals surface area contributed by atoms with E-state index in [0.717, 1.165) is 15.5 Å². The molecular formula is C11H7FO2S2. The molecular weight excluding hydrogens is 247 g/mol. The summed E-state index contributed by atoms with van der Waals surface area (Å²) in [6.45, 7) is 0. The minimum absolute atomic E-state index is 0.263. The highest BCUT2D eigenvalue weighted by Gasteiger charge is 2.09. The van der Waals surface area contributed by atoms with E-state index >= 15 is 0 Å². The van der Waals surface area contributed by atoms with Gasteiger partial charge in [-0.3, -0.25) is 0 Å². The fraction of sp³-hybridized carbons (Fsp3) is 0. The molecule has 0 aliphatic heterocycles. The van der Waals surface area contributed by atoms with Crippen molar-refractivity contribution in [2.45, 2.75) is 9.10 Å². The highest BCUT2D eigenvalue weighted by Crippen LogP contribution is 2.34. The molecule has 0 spiro atoms. The lowest BCUT2D eigenvalue weighted by atomic mass is 10.3. The molecule has 0 atom stereocenters. The number of aromatic carboxylic acids is 1. The second-order valence-electron chi connectivity index (χ2n) is 2.96. The van der Waals surface area contributed by atoms with Crippen molar-refractivity contribution in [3.8, 4) is 0 Å². The Morgan fingerprint density at radius 3 is 2.62 bits per heavy atom. The summed E-state index contributed by atoms with van der Waals surface area (Å²) in [5.74, 6) is -1.25. The molecule has 0 unspecified atom stereocenters. The van der Waals surface area contributed by atoms with Crippen LogP contribution < -0.4 is 0 Å². The smallest absolute Gasteiger partial charge is 0.345 e. The van der Waals surface area contributed by atoms with Gasteiger partial charge in [0.1, 0.15) is 10.7 Å². The fourth-order valence-electron chi connectivity index (χ4n) is 1.13. The van der Waals surface area contributed by atoms with Gasteiger partial charge in [0, 0.05) is 4.90 Å². The average molecular weight is 254 g/mol. The van der Waals surface area contributed by atoms with Gasteiger partial charge in [0.05, 0.1) is 4.21 Å². The number of carboxylic acid groups (broad SMARTS) is 1. The minimum atomic E-state index is -0.953. The van der Waals surface area contributed by atoms with E-state index in [1.807, 2.05) is 0 Å². The van der Waals surface area contributed by atoms with Crippen molar-refractivity contribution < 1.29 is 14.3 Å². The van der Waals surface area contributed by atoms with Crippen molar-refractivity contribution in [2.75, 3.05) is 0 Å². The molecule has 0 amide bonds. The van der Waals surface area contributed by atoms with Crippen LogP contribution in [0.3, 0.4) is 0 Å². The molecule has 0 saturated carbocycles. The summed E-state index contributed by atoms with van der Waals surface area (Å²) >= 11 is 2.37. The number of carboxylic acids is 1. The van der Waals surface area contributed by atoms with E-state index < -0.39 is 5.97 Å². The van der Waals surface area contributed by atoms with Crippen LogP contribution in [0, 0.1) is 5.82 Å². The lowest BCUT2D eigenvalue weighted by molar-refractivity contribution is 0.0702. The van der Waals surface area contributed by atoms with Crippen molar-refractivity contribution >= 4 is 29.1 Å². The van der Waals surface area contributed by atoms with Crippen LogP contribution in [0.2, 0.25) is 0 Å². The summed E-state index contributed by atoms with van der Waals surface area (Å²) in [6.07, 6.45) is 0. The molecule has 0 aliphatic carbocycles. The molecule has 0 radical (unpaired) electrons. The Labute approximate surface area is 99.7 Å². The Hall–Kier alpha value is -1.33. The summed E-state index contributed by atoms with van der Waals surface area (Å²) in [6, 6.07) is 9.63. The minimum Gasteiger partial charge on any atom is -0.477 e. The molecule has 0 aliphatic rings. The van der Waals surface area contributed by atoms with Gasteiger partial charge in [-0.15, -0.1) is 11.3 Å². The quantitative estimate of drug-likeness (QED) is 0.906. The summed E-state index contributed by atoms with van der Waals surface area (Å²) in [5.41, 5.74) is 0. The van der Waals surface area contributed by atoms with Gasteiger partial charge >= 0.3 is 5.97 Å². The monoisotopic (exact) mass is 254 g/mol. The third-order valence-corrected chi connectivity index (χ3v) is 4.10. The second kappa shape index (κ2) is 4.67. The number of benzene rings is 1. The van der Waals surface area contributed by atoms with E-state index in [0.29, 0.717) is 4.90 Å². The molecule has 1 aromatic carbocycles. The van der Waals surface area contributed by atoms with Crippen molar-refractivity contribution in [3.05, 3.63) is 47.1 Å². The van der Waals surface area contributed by atoms with Gasteiger partial charge in [-0.05, 0) is 24.3 Å². The molecule has 2 aromatic rings. The summed E-state index contributed by atoms with van der Waals surface area (Å²) in [5, 5.41) is 8.75. The Bertz CT molecular complexity index is 522. The van der Waals surface area contributed by atoms with Crippen LogP contribution in [0.1, 0.15) is 9.67 Å². The second-order valence-corrected chi connectivity index (χ2v) is 5.38. The molecule has 1 N–H and O–H groups in total. The molecule has 1 heterocycles. The zero-order valence-electron chi connectivity index (χ0n) is 8.01. The van der Waals surface area contributed by atoms with E-state index in [-0.39, 0.29) is 10.7 Å². The van der Waals surface area contributed by atoms with Gasteiger partial charge in [-0.1, -0.05) is 23.9 Å². The standard InChI is InChI=1S/C11H7FO2S2/c12-7-3-1-2-4-8(7)15-10-6-5-9(16-10)11(13)14/h1-6H,(H,13,14). The van der Waals surface area contributed by atoms with Gasteiger partial charge in [0.15, 0.2) is 0 Å². The molecule has 0 fully saturated rings. The maximum absolute atomic E-state index is 13.3. The van der Waals surface area contributed by atoms with E-state index in [1.54, 1.807) is 24.3 Å². The van der Waals surface area contributed by atoms with Crippen LogP contribution >= 0.6 is 23.1 Å². The Balaban J connectivity index is 2.21. The topological polar surface area (TPSA) is 37.3 Å². The first-order chi connectivity index (χ1) is 7.66. The number of rotatable bonds is 3. The fourth-order valence-corrected chi connectivity index (χ4v) is 3.07.